The number of amidine groups is 1. The lowest BCUT2D eigenvalue weighted by Crippen LogP contribution is -2.31. The number of methoxy groups -OCH3 is 1. The number of halogens is 3. The third-order valence-electron chi connectivity index (χ3n) is 7.92. The van der Waals surface area contributed by atoms with Crippen molar-refractivity contribution in [2.45, 2.75) is 24.6 Å². The lowest BCUT2D eigenvalue weighted by atomic mass is 9.74. The lowest BCUT2D eigenvalue weighted by Gasteiger charge is -2.39. The Bertz CT molecular complexity index is 1600. The number of rotatable bonds is 4. The van der Waals surface area contributed by atoms with Crippen molar-refractivity contribution in [3.8, 4) is 22.6 Å². The van der Waals surface area contributed by atoms with Crippen LogP contribution in [0, 0.1) is 11.3 Å². The summed E-state index contributed by atoms with van der Waals surface area (Å²) in [5.74, 6) is 0.258. The molecule has 1 heterocycles. The monoisotopic (exact) mass is 529 g/mol. The zero-order chi connectivity index (χ0) is 27.5. The van der Waals surface area contributed by atoms with Crippen LogP contribution in [0.25, 0.3) is 11.1 Å². The number of ether oxygens (including phenoxy) is 1. The minimum absolute atomic E-state index is 0.00406. The van der Waals surface area contributed by atoms with Gasteiger partial charge in [-0.25, -0.2) is 0 Å². The van der Waals surface area contributed by atoms with E-state index in [1.54, 1.807) is 18.2 Å². The van der Waals surface area contributed by atoms with E-state index >= 15 is 0 Å². The van der Waals surface area contributed by atoms with E-state index in [0.29, 0.717) is 16.7 Å². The normalized spacial score (nSPS) is 19.4. The van der Waals surface area contributed by atoms with Gasteiger partial charge in [0.1, 0.15) is 5.84 Å². The summed E-state index contributed by atoms with van der Waals surface area (Å²) in [4.78, 5) is 0. The Hall–Kier alpha value is -4.46. The number of alkyl halides is 3. The van der Waals surface area contributed by atoms with E-state index in [4.69, 9.17) is 15.9 Å². The molecule has 0 amide bonds. The van der Waals surface area contributed by atoms with Gasteiger partial charge in [0.15, 0.2) is 11.5 Å². The van der Waals surface area contributed by atoms with E-state index in [2.05, 4.69) is 17.4 Å². The first kappa shape index (κ1) is 24.9. The highest BCUT2D eigenvalue weighted by atomic mass is 19.4. The van der Waals surface area contributed by atoms with Crippen LogP contribution < -0.4 is 15.8 Å². The maximum absolute atomic E-state index is 13.3. The molecule has 6 rings (SSSR count). The van der Waals surface area contributed by atoms with Gasteiger partial charge in [-0.2, -0.15) is 13.2 Å². The maximum atomic E-state index is 13.3. The molecule has 0 aromatic heterocycles. The van der Waals surface area contributed by atoms with E-state index in [1.807, 2.05) is 24.3 Å². The Balaban J connectivity index is 1.53. The summed E-state index contributed by atoms with van der Waals surface area (Å²) >= 11 is 0. The largest absolute Gasteiger partial charge is 0.504 e. The summed E-state index contributed by atoms with van der Waals surface area (Å²) in [6.45, 7) is 0. The second kappa shape index (κ2) is 9.08. The molecule has 0 fully saturated rings. The van der Waals surface area contributed by atoms with Crippen LogP contribution in [0.3, 0.4) is 0 Å². The van der Waals surface area contributed by atoms with Gasteiger partial charge in [0.2, 0.25) is 0 Å². The molecule has 5 N–H and O–H groups in total. The van der Waals surface area contributed by atoms with E-state index in [1.165, 1.54) is 30.4 Å². The minimum atomic E-state index is -4.44. The maximum Gasteiger partial charge on any atom is 0.416 e. The van der Waals surface area contributed by atoms with Crippen molar-refractivity contribution in [2.75, 3.05) is 12.4 Å². The van der Waals surface area contributed by atoms with Crippen molar-refractivity contribution in [1.29, 1.82) is 5.41 Å². The van der Waals surface area contributed by atoms with E-state index in [-0.39, 0.29) is 35.2 Å². The number of phenols is 1. The number of nitrogens with two attached hydrogens (primary N) is 1. The van der Waals surface area contributed by atoms with Gasteiger partial charge in [0.05, 0.1) is 18.7 Å². The van der Waals surface area contributed by atoms with Crippen LogP contribution in [0.1, 0.15) is 45.3 Å². The van der Waals surface area contributed by atoms with Crippen molar-refractivity contribution < 1.29 is 23.0 Å². The zero-order valence-corrected chi connectivity index (χ0v) is 21.0. The number of phenolic OH excluding ortho intramolecular Hbond substituents is 1. The van der Waals surface area contributed by atoms with Gasteiger partial charge in [-0.3, -0.25) is 5.41 Å². The van der Waals surface area contributed by atoms with Gasteiger partial charge in [-0.1, -0.05) is 36.4 Å². The smallest absolute Gasteiger partial charge is 0.416 e. The van der Waals surface area contributed by atoms with Crippen molar-refractivity contribution in [3.05, 3.63) is 112 Å². The Morgan fingerprint density at radius 3 is 2.41 bits per heavy atom. The molecule has 1 aliphatic heterocycles. The Kier molecular flexibility index (Phi) is 5.79. The van der Waals surface area contributed by atoms with Crippen molar-refractivity contribution >= 4 is 11.5 Å². The standard InChI is InChI=1S/C31H26F3N3O2/c1-39-27-15-22(21(14-26(27)38)16-6-9-19(10-7-16)31(32,33)34)29-24-12-17-4-2-3-5-20(17)28(24)23-13-18(30(35)36)8-11-25(23)37-29/h2-11,13-15,24,28-29,37-38H,12H2,1H3,(H3,35,36). The van der Waals surface area contributed by atoms with Crippen molar-refractivity contribution in [1.82, 2.24) is 0 Å². The highest BCUT2D eigenvalue weighted by Gasteiger charge is 2.44. The summed E-state index contributed by atoms with van der Waals surface area (Å²) in [5.41, 5.74) is 12.1. The number of fused-ring (bicyclic) bond motifs is 5. The number of hydrogen-bond acceptors (Lipinski definition) is 4. The number of benzene rings is 4. The predicted octanol–water partition coefficient (Wildman–Crippen LogP) is 6.84. The molecular formula is C31H26F3N3O2. The van der Waals surface area contributed by atoms with Gasteiger partial charge >= 0.3 is 6.18 Å². The summed E-state index contributed by atoms with van der Waals surface area (Å²) < 4.78 is 45.2. The molecule has 3 atom stereocenters. The van der Waals surface area contributed by atoms with E-state index in [0.717, 1.165) is 35.4 Å². The van der Waals surface area contributed by atoms with Crippen molar-refractivity contribution in [3.63, 3.8) is 0 Å². The Labute approximate surface area is 223 Å². The van der Waals surface area contributed by atoms with Crippen LogP contribution in [0.4, 0.5) is 18.9 Å². The minimum Gasteiger partial charge on any atom is -0.504 e. The molecule has 198 valence electrons. The average Bonchev–Trinajstić information content (AvgIpc) is 3.32. The second-order valence-electron chi connectivity index (χ2n) is 10.1. The van der Waals surface area contributed by atoms with Crippen LogP contribution >= 0.6 is 0 Å². The number of anilines is 1. The predicted molar refractivity (Wildman–Crippen MR) is 144 cm³/mol. The molecule has 39 heavy (non-hydrogen) atoms. The van der Waals surface area contributed by atoms with Gasteiger partial charge in [0.25, 0.3) is 0 Å². The zero-order valence-electron chi connectivity index (χ0n) is 21.0. The number of nitrogen functional groups attached to an aromatic ring is 1. The molecule has 5 nitrogen and oxygen atoms in total. The molecule has 0 saturated heterocycles. The van der Waals surface area contributed by atoms with Gasteiger partial charge in [0, 0.05) is 17.2 Å². The molecule has 0 radical (unpaired) electrons. The molecular weight excluding hydrogens is 503 g/mol. The number of nitrogens with one attached hydrogen (secondary N) is 2. The number of hydrogen-bond donors (Lipinski definition) is 4. The van der Waals surface area contributed by atoms with Crippen LogP contribution in [0.2, 0.25) is 0 Å². The molecule has 1 aliphatic carbocycles. The molecule has 8 heteroatoms. The first-order chi connectivity index (χ1) is 18.7. The quantitative estimate of drug-likeness (QED) is 0.172. The van der Waals surface area contributed by atoms with Crippen LogP contribution in [0.5, 0.6) is 11.5 Å². The summed E-state index contributed by atoms with van der Waals surface area (Å²) in [6.07, 6.45) is -3.67. The van der Waals surface area contributed by atoms with Gasteiger partial charge in [-0.15, -0.1) is 0 Å². The summed E-state index contributed by atoms with van der Waals surface area (Å²) in [6, 6.07) is 22.0. The molecule has 4 aromatic carbocycles. The van der Waals surface area contributed by atoms with E-state index in [9.17, 15) is 18.3 Å². The lowest BCUT2D eigenvalue weighted by molar-refractivity contribution is -0.137. The second-order valence-corrected chi connectivity index (χ2v) is 10.1. The first-order valence-corrected chi connectivity index (χ1v) is 12.6. The van der Waals surface area contributed by atoms with Crippen LogP contribution in [-0.2, 0) is 12.6 Å². The third kappa shape index (κ3) is 4.16. The molecule has 0 bridgehead atoms. The van der Waals surface area contributed by atoms with Crippen LogP contribution in [-0.4, -0.2) is 18.1 Å². The third-order valence-corrected chi connectivity index (χ3v) is 7.92. The summed E-state index contributed by atoms with van der Waals surface area (Å²) in [7, 11) is 1.47. The van der Waals surface area contributed by atoms with E-state index < -0.39 is 11.7 Å². The molecule has 2 aliphatic rings. The fourth-order valence-corrected chi connectivity index (χ4v) is 6.13. The molecule has 4 aromatic rings. The van der Waals surface area contributed by atoms with Crippen LogP contribution in [0.15, 0.2) is 78.9 Å². The van der Waals surface area contributed by atoms with Crippen molar-refractivity contribution in [2.24, 2.45) is 11.7 Å². The fraction of sp³-hybridized carbons (Fsp3) is 0.194. The highest BCUT2D eigenvalue weighted by molar-refractivity contribution is 5.96. The topological polar surface area (TPSA) is 91.4 Å². The molecule has 0 spiro atoms. The molecule has 3 unspecified atom stereocenters. The average molecular weight is 530 g/mol. The number of aromatic hydroxyl groups is 1. The fourth-order valence-electron chi connectivity index (χ4n) is 6.13. The van der Waals surface area contributed by atoms with Gasteiger partial charge in [-0.05, 0) is 88.2 Å². The summed E-state index contributed by atoms with van der Waals surface area (Å²) in [5, 5.41) is 22.3. The molecule has 0 saturated carbocycles. The van der Waals surface area contributed by atoms with Gasteiger partial charge < -0.3 is 20.9 Å². The SMILES string of the molecule is COc1cc(C2Nc3ccc(C(=N)N)cc3C3c4ccccc4CC23)c(-c2ccc(C(F)(F)F)cc2)cc1O. The first-order valence-electron chi connectivity index (χ1n) is 12.6. The Morgan fingerprint density at radius 2 is 1.72 bits per heavy atom. The Morgan fingerprint density at radius 1 is 0.974 bits per heavy atom. The highest BCUT2D eigenvalue weighted by Crippen LogP contribution is 2.55.